The van der Waals surface area contributed by atoms with E-state index in [0.29, 0.717) is 24.4 Å². The van der Waals surface area contributed by atoms with Crippen LogP contribution in [0.2, 0.25) is 0 Å². The Morgan fingerprint density at radius 3 is 1.82 bits per heavy atom. The van der Waals surface area contributed by atoms with E-state index in [2.05, 4.69) is 64.6 Å². The van der Waals surface area contributed by atoms with Gasteiger partial charge in [-0.3, -0.25) is 14.5 Å². The molecule has 56 heavy (non-hydrogen) atoms. The maximum absolute atomic E-state index is 13.9. The number of rotatable bonds is 10. The lowest BCUT2D eigenvalue weighted by Gasteiger charge is -2.32. The summed E-state index contributed by atoms with van der Waals surface area (Å²) in [5, 5.41) is 9.79. The zero-order valence-corrected chi connectivity index (χ0v) is 31.6. The molecule has 6 aromatic rings. The van der Waals surface area contributed by atoms with E-state index < -0.39 is 12.1 Å². The van der Waals surface area contributed by atoms with Crippen LogP contribution < -0.4 is 0 Å². The predicted octanol–water partition coefficient (Wildman–Crippen LogP) is 8.36. The summed E-state index contributed by atoms with van der Waals surface area (Å²) >= 11 is 0. The van der Waals surface area contributed by atoms with Gasteiger partial charge in [-0.1, -0.05) is 109 Å². The molecule has 4 heterocycles. The van der Waals surface area contributed by atoms with Crippen LogP contribution in [0, 0.1) is 6.92 Å². The molecule has 0 unspecified atom stereocenters. The van der Waals surface area contributed by atoms with Crippen LogP contribution in [0.5, 0.6) is 0 Å². The van der Waals surface area contributed by atoms with E-state index in [-0.39, 0.29) is 23.9 Å². The first-order chi connectivity index (χ1) is 27.2. The molecule has 2 aliphatic rings. The van der Waals surface area contributed by atoms with Gasteiger partial charge in [0.1, 0.15) is 17.7 Å². The molecular formula is C45H45N7O4. The Morgan fingerprint density at radius 2 is 1.27 bits per heavy atom. The highest BCUT2D eigenvalue weighted by atomic mass is 16.4. The van der Waals surface area contributed by atoms with Crippen molar-refractivity contribution in [2.75, 3.05) is 20.1 Å². The van der Waals surface area contributed by atoms with Crippen LogP contribution in [0.3, 0.4) is 0 Å². The quantitative estimate of drug-likeness (QED) is 0.129. The second-order valence-corrected chi connectivity index (χ2v) is 14.8. The lowest BCUT2D eigenvalue weighted by Crippen LogP contribution is -2.43. The maximum atomic E-state index is 13.9. The third kappa shape index (κ3) is 7.44. The number of nitrogens with zero attached hydrogens (tertiary/aromatic N) is 5. The summed E-state index contributed by atoms with van der Waals surface area (Å²) in [4.78, 5) is 60.4. The molecule has 8 rings (SSSR count). The standard InChI is InChI=1S/C45H45N7O4/c1-29-9-6-10-30(25-29)26-40(53)51-23-7-13-38(51)42-46-27-36(48-42)33-19-15-31(16-20-33)32-17-21-34(22-18-32)37-28-47-43(49-37)39-14-8-24-52(39)44(54)41(50(2)45(55)56)35-11-4-3-5-12-35/h3-6,9-12,15-22,25,27-28,38-39,41H,7-8,13-14,23-24,26H2,1-2H3,(H,46,48)(H,47,49)(H,55,56)/t38-,39-,41+/m0/s1. The number of likely N-dealkylation sites (tertiary alicyclic amines) is 2. The molecular weight excluding hydrogens is 703 g/mol. The molecule has 0 spiro atoms. The third-order valence-electron chi connectivity index (χ3n) is 11.1. The molecule has 2 fully saturated rings. The number of H-pyrrole nitrogens is 2. The molecule has 2 saturated heterocycles. The van der Waals surface area contributed by atoms with Crippen LogP contribution in [0.1, 0.15) is 72.1 Å². The second kappa shape index (κ2) is 15.7. The first kappa shape index (κ1) is 36.5. The molecule has 0 radical (unpaired) electrons. The number of aryl methyl sites for hydroxylation is 1. The highest BCUT2D eigenvalue weighted by Crippen LogP contribution is 2.36. The van der Waals surface area contributed by atoms with E-state index in [4.69, 9.17) is 9.97 Å². The summed E-state index contributed by atoms with van der Waals surface area (Å²) in [7, 11) is 1.43. The van der Waals surface area contributed by atoms with Gasteiger partial charge in [0.15, 0.2) is 0 Å². The molecule has 284 valence electrons. The van der Waals surface area contributed by atoms with Crippen LogP contribution in [0.25, 0.3) is 33.6 Å². The number of likely N-dealkylation sites (N-methyl/N-ethyl adjacent to an activating group) is 1. The molecule has 11 heteroatoms. The minimum absolute atomic E-state index is 0.0535. The van der Waals surface area contributed by atoms with Gasteiger partial charge in [0.05, 0.1) is 42.3 Å². The highest BCUT2D eigenvalue weighted by Gasteiger charge is 2.39. The third-order valence-corrected chi connectivity index (χ3v) is 11.1. The number of hydrogen-bond donors (Lipinski definition) is 3. The fourth-order valence-corrected chi connectivity index (χ4v) is 8.19. The topological polar surface area (TPSA) is 139 Å². The normalized spacial score (nSPS) is 17.2. The van der Waals surface area contributed by atoms with E-state index in [1.54, 1.807) is 23.2 Å². The molecule has 2 aliphatic heterocycles. The molecule has 0 aliphatic carbocycles. The van der Waals surface area contributed by atoms with Crippen molar-refractivity contribution >= 4 is 17.9 Å². The Labute approximate surface area is 326 Å². The van der Waals surface area contributed by atoms with E-state index in [1.807, 2.05) is 54.4 Å². The van der Waals surface area contributed by atoms with E-state index in [1.165, 1.54) is 7.05 Å². The molecule has 3 amide bonds. The maximum Gasteiger partial charge on any atom is 0.407 e. The van der Waals surface area contributed by atoms with Crippen molar-refractivity contribution in [2.45, 2.75) is 57.2 Å². The monoisotopic (exact) mass is 747 g/mol. The number of nitrogens with one attached hydrogen (secondary N) is 2. The average Bonchev–Trinajstić information content (AvgIpc) is 4.06. The highest BCUT2D eigenvalue weighted by molar-refractivity contribution is 5.87. The minimum Gasteiger partial charge on any atom is -0.465 e. The van der Waals surface area contributed by atoms with E-state index >= 15 is 0 Å². The van der Waals surface area contributed by atoms with Crippen LogP contribution in [0.15, 0.2) is 116 Å². The van der Waals surface area contributed by atoms with Crippen LogP contribution >= 0.6 is 0 Å². The summed E-state index contributed by atoms with van der Waals surface area (Å²) < 4.78 is 0. The molecule has 11 nitrogen and oxygen atoms in total. The van der Waals surface area contributed by atoms with Gasteiger partial charge in [-0.05, 0) is 66.0 Å². The van der Waals surface area contributed by atoms with Gasteiger partial charge in [-0.2, -0.15) is 0 Å². The fourth-order valence-electron chi connectivity index (χ4n) is 8.19. The fraction of sp³-hybridized carbons (Fsp3) is 0.267. The lowest BCUT2D eigenvalue weighted by molar-refractivity contribution is -0.137. The van der Waals surface area contributed by atoms with Crippen molar-refractivity contribution in [3.8, 4) is 33.6 Å². The lowest BCUT2D eigenvalue weighted by atomic mass is 10.0. The van der Waals surface area contributed by atoms with Gasteiger partial charge >= 0.3 is 6.09 Å². The van der Waals surface area contributed by atoms with Gasteiger partial charge in [-0.25, -0.2) is 14.8 Å². The molecule has 4 aromatic carbocycles. The molecule has 0 bridgehead atoms. The largest absolute Gasteiger partial charge is 0.465 e. The zero-order chi connectivity index (χ0) is 38.8. The Hall–Kier alpha value is -6.49. The molecule has 0 saturated carbocycles. The SMILES string of the molecule is Cc1cccc(CC(=O)N2CCC[C@H]2c2ncc(-c3ccc(-c4ccc(-c5cnc([C@@H]6CCCN6C(=O)[C@@H](c6ccccc6)N(C)C(=O)O)[nH]5)cc4)cc3)[nH]2)c1. The summed E-state index contributed by atoms with van der Waals surface area (Å²) in [6, 6.07) is 32.5. The summed E-state index contributed by atoms with van der Waals surface area (Å²) in [6.45, 7) is 3.31. The number of hydrogen-bond acceptors (Lipinski definition) is 5. The number of benzene rings is 4. The van der Waals surface area contributed by atoms with Crippen LogP contribution in [0.4, 0.5) is 4.79 Å². The summed E-state index contributed by atoms with van der Waals surface area (Å²) in [6.07, 6.45) is 6.27. The van der Waals surface area contributed by atoms with Gasteiger partial charge in [-0.15, -0.1) is 0 Å². The molecule has 3 atom stereocenters. The van der Waals surface area contributed by atoms with Crippen LogP contribution in [-0.2, 0) is 16.0 Å². The Kier molecular flexibility index (Phi) is 10.2. The van der Waals surface area contributed by atoms with E-state index in [9.17, 15) is 19.5 Å². The first-order valence-corrected chi connectivity index (χ1v) is 19.2. The number of amides is 3. The smallest absolute Gasteiger partial charge is 0.407 e. The Bertz CT molecular complexity index is 2330. The van der Waals surface area contributed by atoms with E-state index in [0.717, 1.165) is 87.7 Å². The molecule has 2 aromatic heterocycles. The Balaban J connectivity index is 0.924. The van der Waals surface area contributed by atoms with Crippen molar-refractivity contribution in [2.24, 2.45) is 0 Å². The van der Waals surface area contributed by atoms with Gasteiger partial charge in [0.25, 0.3) is 5.91 Å². The zero-order valence-electron chi connectivity index (χ0n) is 31.6. The van der Waals surface area contributed by atoms with Crippen molar-refractivity contribution in [3.63, 3.8) is 0 Å². The number of carboxylic acid groups (broad SMARTS) is 1. The number of aromatic amines is 2. The summed E-state index contributed by atoms with van der Waals surface area (Å²) in [5.41, 5.74) is 8.73. The number of imidazole rings is 2. The number of aromatic nitrogens is 4. The van der Waals surface area contributed by atoms with Crippen LogP contribution in [-0.4, -0.2) is 77.8 Å². The second-order valence-electron chi connectivity index (χ2n) is 14.8. The molecule has 3 N–H and O–H groups in total. The van der Waals surface area contributed by atoms with Gasteiger partial charge in [0, 0.05) is 20.1 Å². The van der Waals surface area contributed by atoms with Gasteiger partial charge < -0.3 is 24.9 Å². The Morgan fingerprint density at radius 1 is 0.732 bits per heavy atom. The van der Waals surface area contributed by atoms with Crippen molar-refractivity contribution in [1.29, 1.82) is 0 Å². The number of carbonyl (C=O) groups excluding carboxylic acids is 2. The minimum atomic E-state index is -1.16. The first-order valence-electron chi connectivity index (χ1n) is 19.2. The number of carbonyl (C=O) groups is 3. The van der Waals surface area contributed by atoms with Gasteiger partial charge in [0.2, 0.25) is 5.91 Å². The van der Waals surface area contributed by atoms with Crippen molar-refractivity contribution in [1.82, 2.24) is 34.6 Å². The van der Waals surface area contributed by atoms with Crippen molar-refractivity contribution < 1.29 is 19.5 Å². The average molecular weight is 748 g/mol. The predicted molar refractivity (Wildman–Crippen MR) is 214 cm³/mol. The summed E-state index contributed by atoms with van der Waals surface area (Å²) in [5.74, 6) is 1.39. The van der Waals surface area contributed by atoms with Crippen molar-refractivity contribution in [3.05, 3.63) is 144 Å².